The molecule has 1 aromatic carbocycles. The average Bonchev–Trinajstić information content (AvgIpc) is 3.16. The fraction of sp³-hybridized carbons (Fsp3) is 0.222. The molecule has 0 aliphatic carbocycles. The van der Waals surface area contributed by atoms with Gasteiger partial charge in [0.1, 0.15) is 17.2 Å². The molecule has 2 aliphatic rings. The van der Waals surface area contributed by atoms with Crippen molar-refractivity contribution in [2.45, 2.75) is 0 Å². The van der Waals surface area contributed by atoms with Crippen molar-refractivity contribution in [1.82, 2.24) is 9.88 Å². The lowest BCUT2D eigenvalue weighted by Gasteiger charge is -2.28. The van der Waals surface area contributed by atoms with Gasteiger partial charge in [0.25, 0.3) is 5.91 Å². The molecule has 4 rings (SSSR count). The first-order valence-electron chi connectivity index (χ1n) is 8.07. The fourth-order valence-electron chi connectivity index (χ4n) is 3.22. The molecule has 0 fully saturated rings. The van der Waals surface area contributed by atoms with Crippen molar-refractivity contribution in [3.05, 3.63) is 47.3 Å². The second-order valence-corrected chi connectivity index (χ2v) is 5.75. The minimum atomic E-state index is -0.558. The smallest absolute Gasteiger partial charge is 0.251 e. The Labute approximate surface area is 150 Å². The number of ether oxygens (including phenoxy) is 2. The zero-order valence-corrected chi connectivity index (χ0v) is 14.4. The zero-order valence-electron chi connectivity index (χ0n) is 14.4. The summed E-state index contributed by atoms with van der Waals surface area (Å²) in [6.45, 7) is 1.28. The number of carbonyl (C=O) groups is 1. The van der Waals surface area contributed by atoms with Crippen LogP contribution in [0.15, 0.2) is 40.4 Å². The maximum absolute atomic E-state index is 11.9. The minimum absolute atomic E-state index is 0.308. The van der Waals surface area contributed by atoms with Crippen LogP contribution in [0.3, 0.4) is 0 Å². The molecule has 8 heteroatoms. The van der Waals surface area contributed by atoms with Crippen LogP contribution in [0.25, 0.3) is 0 Å². The highest BCUT2D eigenvalue weighted by Gasteiger charge is 2.34. The molecule has 3 heterocycles. The second kappa shape index (κ2) is 6.14. The molecule has 1 amide bonds. The van der Waals surface area contributed by atoms with E-state index in [4.69, 9.17) is 20.2 Å². The molecule has 0 radical (unpaired) electrons. The summed E-state index contributed by atoms with van der Waals surface area (Å²) < 4.78 is 10.9. The highest BCUT2D eigenvalue weighted by atomic mass is 16.5. The summed E-state index contributed by atoms with van der Waals surface area (Å²) in [5, 5.41) is 0. The van der Waals surface area contributed by atoms with Gasteiger partial charge >= 0.3 is 0 Å². The number of pyridine rings is 1. The van der Waals surface area contributed by atoms with Gasteiger partial charge < -0.3 is 20.1 Å². The molecule has 2 aliphatic heterocycles. The zero-order chi connectivity index (χ0) is 18.3. The molecular formula is C18H17N5O3. The Kier molecular flexibility index (Phi) is 3.80. The third-order valence-corrected chi connectivity index (χ3v) is 4.36. The lowest BCUT2D eigenvalue weighted by atomic mass is 10.1. The molecule has 0 atom stereocenters. The molecule has 0 unspecified atom stereocenters. The van der Waals surface area contributed by atoms with Crippen LogP contribution in [0.4, 0.5) is 5.69 Å². The molecule has 8 nitrogen and oxygen atoms in total. The molecular weight excluding hydrogens is 334 g/mol. The number of fused-ring (bicyclic) bond motifs is 3. The van der Waals surface area contributed by atoms with E-state index < -0.39 is 5.91 Å². The number of rotatable bonds is 4. The maximum Gasteiger partial charge on any atom is 0.251 e. The van der Waals surface area contributed by atoms with Crippen molar-refractivity contribution in [2.24, 2.45) is 15.7 Å². The lowest BCUT2D eigenvalue weighted by Crippen LogP contribution is -2.39. The summed E-state index contributed by atoms with van der Waals surface area (Å²) in [7, 11) is 3.13. The highest BCUT2D eigenvalue weighted by molar-refractivity contribution is 6.22. The van der Waals surface area contributed by atoms with Crippen LogP contribution in [0.2, 0.25) is 0 Å². The van der Waals surface area contributed by atoms with E-state index in [1.807, 2.05) is 17.0 Å². The number of nitrogens with two attached hydrogens (primary N) is 1. The number of aliphatic imine (C=N–C) groups is 2. The number of hydrogen-bond acceptors (Lipinski definition) is 7. The number of amidine groups is 2. The number of hydrogen-bond donors (Lipinski definition) is 1. The van der Waals surface area contributed by atoms with Crippen LogP contribution >= 0.6 is 0 Å². The molecule has 2 aromatic rings. The summed E-state index contributed by atoms with van der Waals surface area (Å²) in [5.74, 6) is 1.81. The third kappa shape index (κ3) is 2.30. The van der Waals surface area contributed by atoms with E-state index in [1.165, 1.54) is 0 Å². The van der Waals surface area contributed by atoms with Crippen LogP contribution in [0, 0.1) is 0 Å². The van der Waals surface area contributed by atoms with Crippen LogP contribution in [0.5, 0.6) is 11.5 Å². The van der Waals surface area contributed by atoms with Crippen LogP contribution < -0.4 is 15.2 Å². The van der Waals surface area contributed by atoms with Crippen molar-refractivity contribution in [3.8, 4) is 11.5 Å². The van der Waals surface area contributed by atoms with Gasteiger partial charge in [-0.05, 0) is 24.3 Å². The predicted molar refractivity (Wildman–Crippen MR) is 96.6 cm³/mol. The first kappa shape index (κ1) is 16.1. The number of amides is 1. The van der Waals surface area contributed by atoms with E-state index in [2.05, 4.69) is 9.98 Å². The molecule has 0 saturated carbocycles. The molecule has 132 valence electrons. The van der Waals surface area contributed by atoms with Crippen molar-refractivity contribution in [3.63, 3.8) is 0 Å². The van der Waals surface area contributed by atoms with Gasteiger partial charge in [0.15, 0.2) is 17.3 Å². The molecule has 0 saturated heterocycles. The Morgan fingerprint density at radius 3 is 2.77 bits per heavy atom. The predicted octanol–water partition coefficient (Wildman–Crippen LogP) is 1.35. The molecule has 0 spiro atoms. The van der Waals surface area contributed by atoms with Crippen LogP contribution in [-0.4, -0.2) is 54.8 Å². The average molecular weight is 351 g/mol. The minimum Gasteiger partial charge on any atom is -0.493 e. The number of benzene rings is 1. The Hall–Kier alpha value is -3.42. The maximum atomic E-state index is 11.9. The summed E-state index contributed by atoms with van der Waals surface area (Å²) in [6, 6.07) is 7.04. The van der Waals surface area contributed by atoms with E-state index in [0.29, 0.717) is 47.4 Å². The summed E-state index contributed by atoms with van der Waals surface area (Å²) in [5.41, 5.74) is 7.70. The fourth-order valence-corrected chi connectivity index (χ4v) is 3.22. The summed E-state index contributed by atoms with van der Waals surface area (Å²) in [6.07, 6.45) is 1.61. The standard InChI is InChI=1S/C18H17N5O3/c1-25-12-6-5-11-13(15(12)26-2)22-18(23-9-8-21-17(11)23)14-10(16(19)24)4-3-7-20-14/h3-7H,8-9H2,1-2H3,(H2,19,24). The van der Waals surface area contributed by atoms with Gasteiger partial charge in [-0.15, -0.1) is 0 Å². The van der Waals surface area contributed by atoms with E-state index in [9.17, 15) is 4.79 Å². The van der Waals surface area contributed by atoms with Gasteiger partial charge in [-0.3, -0.25) is 14.8 Å². The van der Waals surface area contributed by atoms with Crippen molar-refractivity contribution in [1.29, 1.82) is 0 Å². The summed E-state index contributed by atoms with van der Waals surface area (Å²) in [4.78, 5) is 27.5. The van der Waals surface area contributed by atoms with Crippen LogP contribution in [-0.2, 0) is 0 Å². The second-order valence-electron chi connectivity index (χ2n) is 5.75. The number of methoxy groups -OCH3 is 2. The largest absolute Gasteiger partial charge is 0.493 e. The topological polar surface area (TPSA) is 102 Å². The SMILES string of the molecule is COc1ccc2c(c1OC)N=C(c1ncccc1C(N)=O)N1CCN=C21. The van der Waals surface area contributed by atoms with Crippen LogP contribution in [0.1, 0.15) is 21.6 Å². The quantitative estimate of drug-likeness (QED) is 0.896. The van der Waals surface area contributed by atoms with Gasteiger partial charge in [-0.25, -0.2) is 4.99 Å². The van der Waals surface area contributed by atoms with E-state index in [0.717, 1.165) is 11.4 Å². The Morgan fingerprint density at radius 1 is 1.19 bits per heavy atom. The Bertz CT molecular complexity index is 967. The Morgan fingerprint density at radius 2 is 2.04 bits per heavy atom. The molecule has 2 N–H and O–H groups in total. The van der Waals surface area contributed by atoms with E-state index in [-0.39, 0.29) is 0 Å². The number of nitrogens with zero attached hydrogens (tertiary/aromatic N) is 4. The normalized spacial score (nSPS) is 14.9. The lowest BCUT2D eigenvalue weighted by molar-refractivity contribution is 0.0999. The number of aromatic nitrogens is 1. The Balaban J connectivity index is 2.00. The molecule has 0 bridgehead atoms. The van der Waals surface area contributed by atoms with Gasteiger partial charge in [0.05, 0.1) is 26.3 Å². The van der Waals surface area contributed by atoms with Crippen molar-refractivity contribution >= 4 is 23.3 Å². The van der Waals surface area contributed by atoms with Crippen molar-refractivity contribution in [2.75, 3.05) is 27.3 Å². The number of primary amides is 1. The summed E-state index contributed by atoms with van der Waals surface area (Å²) >= 11 is 0. The highest BCUT2D eigenvalue weighted by Crippen LogP contribution is 2.43. The van der Waals surface area contributed by atoms with Gasteiger partial charge in [-0.2, -0.15) is 0 Å². The van der Waals surface area contributed by atoms with Gasteiger partial charge in [0.2, 0.25) is 0 Å². The first-order chi connectivity index (χ1) is 12.7. The van der Waals surface area contributed by atoms with Crippen molar-refractivity contribution < 1.29 is 14.3 Å². The number of carbonyl (C=O) groups excluding carboxylic acids is 1. The molecule has 1 aromatic heterocycles. The monoisotopic (exact) mass is 351 g/mol. The van der Waals surface area contributed by atoms with E-state index >= 15 is 0 Å². The molecule has 26 heavy (non-hydrogen) atoms. The first-order valence-corrected chi connectivity index (χ1v) is 8.07. The van der Waals surface area contributed by atoms with E-state index in [1.54, 1.807) is 32.5 Å². The third-order valence-electron chi connectivity index (χ3n) is 4.36. The van der Waals surface area contributed by atoms with Gasteiger partial charge in [0, 0.05) is 18.3 Å². The van der Waals surface area contributed by atoms with Gasteiger partial charge in [-0.1, -0.05) is 0 Å².